The standard InChI is InChI=1S/C20H27F3N4O2/c1-2-18(28)27-10-4-3-5-16(27)19(29)25-15-8-11-26(12-9-15)17-7-6-14(13-24-17)20(21,22)23/h6-7,13,15-16H,2-5,8-12H2,1H3,(H,25,29). The third-order valence-corrected chi connectivity index (χ3v) is 5.67. The molecule has 1 unspecified atom stereocenters. The number of nitrogens with one attached hydrogen (secondary N) is 1. The molecule has 1 atom stereocenters. The van der Waals surface area contributed by atoms with Gasteiger partial charge in [0.1, 0.15) is 11.9 Å². The van der Waals surface area contributed by atoms with Gasteiger partial charge in [0.2, 0.25) is 11.8 Å². The molecule has 1 aromatic heterocycles. The van der Waals surface area contributed by atoms with Crippen molar-refractivity contribution < 1.29 is 22.8 Å². The second kappa shape index (κ2) is 9.00. The molecule has 29 heavy (non-hydrogen) atoms. The molecule has 2 saturated heterocycles. The molecule has 160 valence electrons. The number of halogens is 3. The summed E-state index contributed by atoms with van der Waals surface area (Å²) in [5, 5.41) is 3.07. The minimum Gasteiger partial charge on any atom is -0.356 e. The molecule has 2 fully saturated rings. The average molecular weight is 412 g/mol. The Labute approximate surface area is 168 Å². The zero-order chi connectivity index (χ0) is 21.0. The van der Waals surface area contributed by atoms with E-state index in [0.717, 1.165) is 25.1 Å². The molecule has 1 aromatic rings. The molecule has 0 aliphatic carbocycles. The monoisotopic (exact) mass is 412 g/mol. The second-order valence-electron chi connectivity index (χ2n) is 7.63. The fourth-order valence-electron chi connectivity index (χ4n) is 4.00. The van der Waals surface area contributed by atoms with Gasteiger partial charge >= 0.3 is 6.18 Å². The van der Waals surface area contributed by atoms with Crippen molar-refractivity contribution in [2.45, 2.75) is 63.7 Å². The molecular weight excluding hydrogens is 385 g/mol. The largest absolute Gasteiger partial charge is 0.417 e. The molecule has 1 N–H and O–H groups in total. The minimum atomic E-state index is -4.39. The average Bonchev–Trinajstić information content (AvgIpc) is 2.73. The van der Waals surface area contributed by atoms with Crippen molar-refractivity contribution in [3.05, 3.63) is 23.9 Å². The predicted octanol–water partition coefficient (Wildman–Crippen LogP) is 2.98. The number of likely N-dealkylation sites (tertiary alicyclic amines) is 1. The summed E-state index contributed by atoms with van der Waals surface area (Å²) >= 11 is 0. The highest BCUT2D eigenvalue weighted by molar-refractivity contribution is 5.88. The van der Waals surface area contributed by atoms with Crippen LogP contribution in [-0.2, 0) is 15.8 Å². The van der Waals surface area contributed by atoms with Crippen LogP contribution in [0, 0.1) is 0 Å². The molecular formula is C20H27F3N4O2. The Morgan fingerprint density at radius 3 is 2.45 bits per heavy atom. The van der Waals surface area contributed by atoms with Crippen LogP contribution >= 0.6 is 0 Å². The Morgan fingerprint density at radius 1 is 1.14 bits per heavy atom. The zero-order valence-corrected chi connectivity index (χ0v) is 16.5. The molecule has 0 radical (unpaired) electrons. The lowest BCUT2D eigenvalue weighted by Crippen LogP contribution is -2.55. The molecule has 2 amide bonds. The second-order valence-corrected chi connectivity index (χ2v) is 7.63. The van der Waals surface area contributed by atoms with E-state index in [1.54, 1.807) is 11.8 Å². The summed E-state index contributed by atoms with van der Waals surface area (Å²) in [5.74, 6) is 0.417. The fraction of sp³-hybridized carbons (Fsp3) is 0.650. The maximum atomic E-state index is 12.7. The molecule has 3 heterocycles. The van der Waals surface area contributed by atoms with Crippen LogP contribution in [0.5, 0.6) is 0 Å². The molecule has 3 rings (SSSR count). The van der Waals surface area contributed by atoms with E-state index in [9.17, 15) is 22.8 Å². The van der Waals surface area contributed by atoms with E-state index in [0.29, 0.717) is 51.1 Å². The van der Waals surface area contributed by atoms with Crippen molar-refractivity contribution in [1.29, 1.82) is 0 Å². The number of rotatable bonds is 4. The first-order chi connectivity index (χ1) is 13.8. The van der Waals surface area contributed by atoms with Crippen LogP contribution in [0.2, 0.25) is 0 Å². The van der Waals surface area contributed by atoms with Crippen molar-refractivity contribution in [1.82, 2.24) is 15.2 Å². The molecule has 0 saturated carbocycles. The van der Waals surface area contributed by atoms with Gasteiger partial charge in [-0.25, -0.2) is 4.98 Å². The highest BCUT2D eigenvalue weighted by Crippen LogP contribution is 2.30. The van der Waals surface area contributed by atoms with E-state index in [1.165, 1.54) is 6.07 Å². The SMILES string of the molecule is CCC(=O)N1CCCCC1C(=O)NC1CCN(c2ccc(C(F)(F)F)cn2)CC1. The van der Waals surface area contributed by atoms with Gasteiger partial charge in [-0.1, -0.05) is 6.92 Å². The summed E-state index contributed by atoms with van der Waals surface area (Å²) in [7, 11) is 0. The normalized spacial score (nSPS) is 21.2. The molecule has 0 spiro atoms. The predicted molar refractivity (Wildman–Crippen MR) is 102 cm³/mol. The van der Waals surface area contributed by atoms with Gasteiger partial charge < -0.3 is 15.1 Å². The number of amides is 2. The lowest BCUT2D eigenvalue weighted by molar-refractivity contribution is -0.142. The third kappa shape index (κ3) is 5.19. The van der Waals surface area contributed by atoms with Gasteiger partial charge in [-0.05, 0) is 44.2 Å². The first kappa shape index (κ1) is 21.4. The summed E-state index contributed by atoms with van der Waals surface area (Å²) in [6.45, 7) is 3.64. The number of carbonyl (C=O) groups is 2. The summed E-state index contributed by atoms with van der Waals surface area (Å²) < 4.78 is 38.0. The van der Waals surface area contributed by atoms with E-state index in [2.05, 4.69) is 10.3 Å². The van der Waals surface area contributed by atoms with Crippen molar-refractivity contribution in [3.63, 3.8) is 0 Å². The van der Waals surface area contributed by atoms with E-state index in [4.69, 9.17) is 0 Å². The van der Waals surface area contributed by atoms with Gasteiger partial charge in [0.15, 0.2) is 0 Å². The van der Waals surface area contributed by atoms with Crippen LogP contribution in [0.15, 0.2) is 18.3 Å². The Bertz CT molecular complexity index is 715. The van der Waals surface area contributed by atoms with Gasteiger partial charge in [0, 0.05) is 38.3 Å². The molecule has 2 aliphatic heterocycles. The van der Waals surface area contributed by atoms with E-state index >= 15 is 0 Å². The van der Waals surface area contributed by atoms with Crippen LogP contribution in [0.4, 0.5) is 19.0 Å². The molecule has 0 aromatic carbocycles. The van der Waals surface area contributed by atoms with Crippen LogP contribution in [0.25, 0.3) is 0 Å². The van der Waals surface area contributed by atoms with Crippen LogP contribution < -0.4 is 10.2 Å². The van der Waals surface area contributed by atoms with Gasteiger partial charge in [-0.15, -0.1) is 0 Å². The number of hydrogen-bond donors (Lipinski definition) is 1. The summed E-state index contributed by atoms with van der Waals surface area (Å²) in [6.07, 6.45) is 0.762. The third-order valence-electron chi connectivity index (χ3n) is 5.67. The lowest BCUT2D eigenvalue weighted by atomic mass is 9.99. The van der Waals surface area contributed by atoms with Crippen LogP contribution in [-0.4, -0.2) is 53.4 Å². The van der Waals surface area contributed by atoms with Gasteiger partial charge in [-0.2, -0.15) is 13.2 Å². The maximum absolute atomic E-state index is 12.7. The Balaban J connectivity index is 1.53. The summed E-state index contributed by atoms with van der Waals surface area (Å²) in [4.78, 5) is 32.4. The van der Waals surface area contributed by atoms with Crippen molar-refractivity contribution >= 4 is 17.6 Å². The first-order valence-electron chi connectivity index (χ1n) is 10.2. The van der Waals surface area contributed by atoms with Gasteiger partial charge in [0.05, 0.1) is 5.56 Å². The van der Waals surface area contributed by atoms with E-state index in [1.807, 2.05) is 4.90 Å². The van der Waals surface area contributed by atoms with Gasteiger partial charge in [-0.3, -0.25) is 9.59 Å². The highest BCUT2D eigenvalue weighted by Gasteiger charge is 2.33. The van der Waals surface area contributed by atoms with E-state index < -0.39 is 17.8 Å². The molecule has 0 bridgehead atoms. The zero-order valence-electron chi connectivity index (χ0n) is 16.5. The first-order valence-corrected chi connectivity index (χ1v) is 10.2. The van der Waals surface area contributed by atoms with Crippen LogP contribution in [0.1, 0.15) is 51.0 Å². The van der Waals surface area contributed by atoms with Crippen molar-refractivity contribution in [2.75, 3.05) is 24.5 Å². The maximum Gasteiger partial charge on any atom is 0.417 e. The number of anilines is 1. The van der Waals surface area contributed by atoms with Crippen molar-refractivity contribution in [2.24, 2.45) is 0 Å². The van der Waals surface area contributed by atoms with Crippen molar-refractivity contribution in [3.8, 4) is 0 Å². The number of piperidine rings is 2. The number of nitrogens with zero attached hydrogens (tertiary/aromatic N) is 3. The topological polar surface area (TPSA) is 65.5 Å². The summed E-state index contributed by atoms with van der Waals surface area (Å²) in [6, 6.07) is 2.02. The van der Waals surface area contributed by atoms with Crippen LogP contribution in [0.3, 0.4) is 0 Å². The molecule has 9 heteroatoms. The number of aromatic nitrogens is 1. The fourth-order valence-corrected chi connectivity index (χ4v) is 4.00. The number of hydrogen-bond acceptors (Lipinski definition) is 4. The Morgan fingerprint density at radius 2 is 1.86 bits per heavy atom. The number of carbonyl (C=O) groups excluding carboxylic acids is 2. The number of alkyl halides is 3. The van der Waals surface area contributed by atoms with E-state index in [-0.39, 0.29) is 17.9 Å². The minimum absolute atomic E-state index is 0.00583. The van der Waals surface area contributed by atoms with Gasteiger partial charge in [0.25, 0.3) is 0 Å². The highest BCUT2D eigenvalue weighted by atomic mass is 19.4. The Hall–Kier alpha value is -2.32. The summed E-state index contributed by atoms with van der Waals surface area (Å²) in [5.41, 5.74) is -0.762. The molecule has 6 nitrogen and oxygen atoms in total. The molecule has 2 aliphatic rings. The number of pyridine rings is 1. The smallest absolute Gasteiger partial charge is 0.356 e. The lowest BCUT2D eigenvalue weighted by Gasteiger charge is -2.37. The quantitative estimate of drug-likeness (QED) is 0.826. The Kier molecular flexibility index (Phi) is 6.64.